The maximum Gasteiger partial charge on any atom is 0.240 e. The van der Waals surface area contributed by atoms with Gasteiger partial charge in [-0.25, -0.2) is 4.79 Å². The SMILES string of the molecule is O=C=Nc1cccc(C2CCCN2)c1. The highest BCUT2D eigenvalue weighted by Gasteiger charge is 2.15. The Morgan fingerprint density at radius 1 is 1.50 bits per heavy atom. The lowest BCUT2D eigenvalue weighted by Crippen LogP contribution is -2.12. The Bertz CT molecular complexity index is 363. The Hall–Kier alpha value is -1.44. The Labute approximate surface area is 82.9 Å². The van der Waals surface area contributed by atoms with Gasteiger partial charge in [-0.05, 0) is 37.1 Å². The van der Waals surface area contributed by atoms with E-state index in [9.17, 15) is 4.79 Å². The van der Waals surface area contributed by atoms with Crippen molar-refractivity contribution in [2.45, 2.75) is 18.9 Å². The molecule has 1 aromatic rings. The summed E-state index contributed by atoms with van der Waals surface area (Å²) in [6.45, 7) is 1.08. The van der Waals surface area contributed by atoms with Crippen molar-refractivity contribution in [3.8, 4) is 0 Å². The molecule has 0 bridgehead atoms. The van der Waals surface area contributed by atoms with E-state index in [4.69, 9.17) is 0 Å². The highest BCUT2D eigenvalue weighted by atomic mass is 16.1. The first kappa shape index (κ1) is 9.13. The second kappa shape index (κ2) is 4.18. The van der Waals surface area contributed by atoms with Crippen LogP contribution in [-0.2, 0) is 4.79 Å². The van der Waals surface area contributed by atoms with Gasteiger partial charge in [-0.1, -0.05) is 12.1 Å². The van der Waals surface area contributed by atoms with Crippen molar-refractivity contribution in [1.82, 2.24) is 5.32 Å². The summed E-state index contributed by atoms with van der Waals surface area (Å²) in [6, 6.07) is 8.16. The van der Waals surface area contributed by atoms with E-state index < -0.39 is 0 Å². The van der Waals surface area contributed by atoms with Crippen LogP contribution in [0.1, 0.15) is 24.4 Å². The summed E-state index contributed by atoms with van der Waals surface area (Å²) < 4.78 is 0. The summed E-state index contributed by atoms with van der Waals surface area (Å²) in [5.74, 6) is 0. The maximum atomic E-state index is 10.1. The van der Waals surface area contributed by atoms with Crippen molar-refractivity contribution >= 4 is 11.8 Å². The Morgan fingerprint density at radius 2 is 2.43 bits per heavy atom. The number of hydrogen-bond donors (Lipinski definition) is 1. The molecule has 1 unspecified atom stereocenters. The van der Waals surface area contributed by atoms with Crippen molar-refractivity contribution in [3.05, 3.63) is 29.8 Å². The van der Waals surface area contributed by atoms with Crippen LogP contribution >= 0.6 is 0 Å². The van der Waals surface area contributed by atoms with Gasteiger partial charge < -0.3 is 5.32 Å². The first-order valence-corrected chi connectivity index (χ1v) is 4.81. The quantitative estimate of drug-likeness (QED) is 0.570. The first-order valence-electron chi connectivity index (χ1n) is 4.81. The minimum atomic E-state index is 0.428. The fourth-order valence-electron chi connectivity index (χ4n) is 1.83. The van der Waals surface area contributed by atoms with Gasteiger partial charge >= 0.3 is 0 Å². The second-order valence-corrected chi connectivity index (χ2v) is 3.45. The predicted octanol–water partition coefficient (Wildman–Crippen LogP) is 2.08. The molecule has 14 heavy (non-hydrogen) atoms. The van der Waals surface area contributed by atoms with Crippen molar-refractivity contribution in [1.29, 1.82) is 0 Å². The van der Waals surface area contributed by atoms with Crippen LogP contribution in [0.15, 0.2) is 29.3 Å². The maximum absolute atomic E-state index is 10.1. The van der Waals surface area contributed by atoms with E-state index in [-0.39, 0.29) is 0 Å². The number of nitrogens with one attached hydrogen (secondary N) is 1. The molecule has 1 fully saturated rings. The van der Waals surface area contributed by atoms with Gasteiger partial charge in [-0.3, -0.25) is 0 Å². The molecular weight excluding hydrogens is 176 g/mol. The van der Waals surface area contributed by atoms with Crippen LogP contribution in [0.25, 0.3) is 0 Å². The van der Waals surface area contributed by atoms with Gasteiger partial charge in [-0.15, -0.1) is 0 Å². The number of isocyanates is 1. The van der Waals surface area contributed by atoms with Crippen molar-refractivity contribution in [2.24, 2.45) is 4.99 Å². The van der Waals surface area contributed by atoms with Crippen LogP contribution in [0.4, 0.5) is 5.69 Å². The average Bonchev–Trinajstić information content (AvgIpc) is 2.71. The molecular formula is C11H12N2O. The largest absolute Gasteiger partial charge is 0.310 e. The summed E-state index contributed by atoms with van der Waals surface area (Å²) in [4.78, 5) is 13.7. The fourth-order valence-corrected chi connectivity index (χ4v) is 1.83. The second-order valence-electron chi connectivity index (χ2n) is 3.45. The average molecular weight is 188 g/mol. The van der Waals surface area contributed by atoms with Crippen LogP contribution in [0, 0.1) is 0 Å². The van der Waals surface area contributed by atoms with Gasteiger partial charge in [-0.2, -0.15) is 4.99 Å². The molecule has 1 heterocycles. The molecule has 1 atom stereocenters. The highest BCUT2D eigenvalue weighted by molar-refractivity contribution is 5.50. The molecule has 0 aliphatic carbocycles. The number of benzene rings is 1. The smallest absolute Gasteiger partial charge is 0.240 e. The molecule has 2 rings (SSSR count). The number of aliphatic imine (C=N–C) groups is 1. The monoisotopic (exact) mass is 188 g/mol. The number of rotatable bonds is 2. The van der Waals surface area contributed by atoms with Crippen LogP contribution in [0.3, 0.4) is 0 Å². The van der Waals surface area contributed by atoms with E-state index in [1.807, 2.05) is 18.2 Å². The summed E-state index contributed by atoms with van der Waals surface area (Å²) in [6.07, 6.45) is 3.93. The van der Waals surface area contributed by atoms with E-state index in [2.05, 4.69) is 16.4 Å². The molecule has 0 aromatic heterocycles. The number of nitrogens with zero attached hydrogens (tertiary/aromatic N) is 1. The molecule has 1 N–H and O–H groups in total. The van der Waals surface area contributed by atoms with Gasteiger partial charge in [0.2, 0.25) is 6.08 Å². The molecule has 0 amide bonds. The molecule has 3 nitrogen and oxygen atoms in total. The first-order chi connectivity index (χ1) is 6.90. The lowest BCUT2D eigenvalue weighted by Gasteiger charge is -2.10. The Balaban J connectivity index is 2.24. The molecule has 1 aromatic carbocycles. The topological polar surface area (TPSA) is 41.5 Å². The highest BCUT2D eigenvalue weighted by Crippen LogP contribution is 2.25. The lowest BCUT2D eigenvalue weighted by molar-refractivity contribution is 0.565. The summed E-state index contributed by atoms with van der Waals surface area (Å²) >= 11 is 0. The van der Waals surface area contributed by atoms with Crippen LogP contribution in [-0.4, -0.2) is 12.6 Å². The molecule has 0 spiro atoms. The van der Waals surface area contributed by atoms with E-state index in [1.165, 1.54) is 12.0 Å². The normalized spacial score (nSPS) is 20.4. The minimum absolute atomic E-state index is 0.428. The lowest BCUT2D eigenvalue weighted by atomic mass is 10.1. The van der Waals surface area contributed by atoms with Gasteiger partial charge in [0.05, 0.1) is 5.69 Å². The van der Waals surface area contributed by atoms with Crippen molar-refractivity contribution in [3.63, 3.8) is 0 Å². The van der Waals surface area contributed by atoms with Gasteiger partial charge in [0, 0.05) is 6.04 Å². The third-order valence-corrected chi connectivity index (χ3v) is 2.51. The molecule has 3 heteroatoms. The van der Waals surface area contributed by atoms with E-state index in [1.54, 1.807) is 6.08 Å². The molecule has 0 radical (unpaired) electrons. The summed E-state index contributed by atoms with van der Waals surface area (Å²) in [7, 11) is 0. The van der Waals surface area contributed by atoms with Gasteiger partial charge in [0.15, 0.2) is 0 Å². The zero-order valence-electron chi connectivity index (χ0n) is 7.86. The summed E-state index contributed by atoms with van der Waals surface area (Å²) in [5, 5.41) is 3.40. The van der Waals surface area contributed by atoms with Crippen molar-refractivity contribution in [2.75, 3.05) is 6.54 Å². The van der Waals surface area contributed by atoms with E-state index >= 15 is 0 Å². The predicted molar refractivity (Wildman–Crippen MR) is 54.2 cm³/mol. The molecule has 1 saturated heterocycles. The van der Waals surface area contributed by atoms with Crippen LogP contribution in [0.5, 0.6) is 0 Å². The zero-order valence-corrected chi connectivity index (χ0v) is 7.86. The van der Waals surface area contributed by atoms with E-state index in [0.717, 1.165) is 13.0 Å². The van der Waals surface area contributed by atoms with Crippen molar-refractivity contribution < 1.29 is 4.79 Å². The molecule has 1 aliphatic heterocycles. The molecule has 72 valence electrons. The fraction of sp³-hybridized carbons (Fsp3) is 0.364. The van der Waals surface area contributed by atoms with Crippen LogP contribution in [0.2, 0.25) is 0 Å². The summed E-state index contributed by atoms with van der Waals surface area (Å²) in [5.41, 5.74) is 1.89. The van der Waals surface area contributed by atoms with Gasteiger partial charge in [0.1, 0.15) is 0 Å². The van der Waals surface area contributed by atoms with Crippen LogP contribution < -0.4 is 5.32 Å². The Kier molecular flexibility index (Phi) is 2.73. The molecule has 1 aliphatic rings. The molecule has 0 saturated carbocycles. The van der Waals surface area contributed by atoms with E-state index in [0.29, 0.717) is 11.7 Å². The zero-order chi connectivity index (χ0) is 9.80. The number of hydrogen-bond acceptors (Lipinski definition) is 3. The van der Waals surface area contributed by atoms with Gasteiger partial charge in [0.25, 0.3) is 0 Å². The third-order valence-electron chi connectivity index (χ3n) is 2.51. The third kappa shape index (κ3) is 1.90. The standard InChI is InChI=1S/C11H12N2O/c14-8-13-10-4-1-3-9(7-10)11-5-2-6-12-11/h1,3-4,7,11-12H,2,5-6H2. The minimum Gasteiger partial charge on any atom is -0.310 e. The number of carbonyl (C=O) groups excluding carboxylic acids is 1. The Morgan fingerprint density at radius 3 is 3.14 bits per heavy atom.